The van der Waals surface area contributed by atoms with Gasteiger partial charge in [-0.3, -0.25) is 0 Å². The summed E-state index contributed by atoms with van der Waals surface area (Å²) in [6, 6.07) is 0.447. The summed E-state index contributed by atoms with van der Waals surface area (Å²) in [4.78, 5) is 8.35. The lowest BCUT2D eigenvalue weighted by atomic mass is 9.91. The van der Waals surface area contributed by atoms with E-state index in [4.69, 9.17) is 0 Å². The highest BCUT2D eigenvalue weighted by Gasteiger charge is 2.30. The molecule has 3 unspecified atom stereocenters. The van der Waals surface area contributed by atoms with E-state index in [1.807, 2.05) is 12.4 Å². The van der Waals surface area contributed by atoms with Gasteiger partial charge in [-0.25, -0.2) is 9.97 Å². The molecule has 0 amide bonds. The Morgan fingerprint density at radius 1 is 1.28 bits per heavy atom. The van der Waals surface area contributed by atoms with E-state index in [-0.39, 0.29) is 0 Å². The minimum Gasteiger partial charge on any atom is -0.310 e. The van der Waals surface area contributed by atoms with Gasteiger partial charge < -0.3 is 5.32 Å². The first kappa shape index (κ1) is 13.5. The summed E-state index contributed by atoms with van der Waals surface area (Å²) in [7, 11) is 0. The largest absolute Gasteiger partial charge is 0.310 e. The van der Waals surface area contributed by atoms with Crippen molar-refractivity contribution in [2.75, 3.05) is 6.54 Å². The zero-order valence-electron chi connectivity index (χ0n) is 11.6. The second-order valence-electron chi connectivity index (χ2n) is 5.45. The average Bonchev–Trinajstić information content (AvgIpc) is 2.89. The summed E-state index contributed by atoms with van der Waals surface area (Å²) in [6.45, 7) is 5.61. The molecular weight excluding hydrogens is 222 g/mol. The van der Waals surface area contributed by atoms with Crippen molar-refractivity contribution in [1.29, 1.82) is 0 Å². The summed E-state index contributed by atoms with van der Waals surface area (Å²) in [5.41, 5.74) is 1.26. The highest BCUT2D eigenvalue weighted by molar-refractivity contribution is 5.11. The molecule has 1 aromatic heterocycles. The van der Waals surface area contributed by atoms with E-state index in [1.165, 1.54) is 37.7 Å². The average molecular weight is 247 g/mol. The van der Waals surface area contributed by atoms with Crippen LogP contribution in [0.3, 0.4) is 0 Å². The first-order valence-electron chi connectivity index (χ1n) is 7.33. The van der Waals surface area contributed by atoms with Crippen molar-refractivity contribution in [2.24, 2.45) is 11.8 Å². The van der Waals surface area contributed by atoms with Crippen LogP contribution in [0.25, 0.3) is 0 Å². The molecule has 1 aliphatic carbocycles. The minimum atomic E-state index is 0.447. The molecule has 0 radical (unpaired) electrons. The first-order valence-corrected chi connectivity index (χ1v) is 7.33. The molecular formula is C15H25N3. The molecule has 0 bridgehead atoms. The van der Waals surface area contributed by atoms with Crippen LogP contribution in [0.15, 0.2) is 18.7 Å². The van der Waals surface area contributed by atoms with Crippen LogP contribution in [0.1, 0.15) is 57.6 Å². The van der Waals surface area contributed by atoms with Gasteiger partial charge in [0.15, 0.2) is 0 Å². The quantitative estimate of drug-likeness (QED) is 0.837. The monoisotopic (exact) mass is 247 g/mol. The Bertz CT molecular complexity index is 339. The van der Waals surface area contributed by atoms with Gasteiger partial charge in [-0.2, -0.15) is 0 Å². The van der Waals surface area contributed by atoms with Gasteiger partial charge in [0.2, 0.25) is 0 Å². The SMILES string of the molecule is CCCNC(c1cncnc1)C1CCC(CC)C1. The predicted octanol–water partition coefficient (Wildman–Crippen LogP) is 3.34. The topological polar surface area (TPSA) is 37.8 Å². The Morgan fingerprint density at radius 3 is 2.67 bits per heavy atom. The fourth-order valence-corrected chi connectivity index (χ4v) is 3.11. The van der Waals surface area contributed by atoms with E-state index in [0.29, 0.717) is 6.04 Å². The molecule has 1 N–H and O–H groups in total. The zero-order chi connectivity index (χ0) is 12.8. The third-order valence-electron chi connectivity index (χ3n) is 4.18. The van der Waals surface area contributed by atoms with Crippen LogP contribution in [0, 0.1) is 11.8 Å². The van der Waals surface area contributed by atoms with Crippen molar-refractivity contribution >= 4 is 0 Å². The summed E-state index contributed by atoms with van der Waals surface area (Å²) < 4.78 is 0. The molecule has 3 atom stereocenters. The molecule has 1 aliphatic rings. The predicted molar refractivity (Wildman–Crippen MR) is 74.2 cm³/mol. The summed E-state index contributed by atoms with van der Waals surface area (Å²) >= 11 is 0. The maximum absolute atomic E-state index is 4.17. The number of nitrogens with one attached hydrogen (secondary N) is 1. The molecule has 100 valence electrons. The van der Waals surface area contributed by atoms with Crippen LogP contribution in [-0.4, -0.2) is 16.5 Å². The lowest BCUT2D eigenvalue weighted by Gasteiger charge is -2.25. The van der Waals surface area contributed by atoms with Crippen molar-refractivity contribution in [1.82, 2.24) is 15.3 Å². The number of aromatic nitrogens is 2. The molecule has 0 spiro atoms. The molecule has 0 saturated heterocycles. The third kappa shape index (κ3) is 3.29. The maximum Gasteiger partial charge on any atom is 0.115 e. The zero-order valence-corrected chi connectivity index (χ0v) is 11.6. The molecule has 3 nitrogen and oxygen atoms in total. The Labute approximate surface area is 110 Å². The van der Waals surface area contributed by atoms with Gasteiger partial charge in [0.25, 0.3) is 0 Å². The van der Waals surface area contributed by atoms with Crippen molar-refractivity contribution < 1.29 is 0 Å². The van der Waals surface area contributed by atoms with Gasteiger partial charge in [0, 0.05) is 24.0 Å². The molecule has 0 aromatic carbocycles. The van der Waals surface area contributed by atoms with Crippen LogP contribution in [0.5, 0.6) is 0 Å². The summed E-state index contributed by atoms with van der Waals surface area (Å²) in [5.74, 6) is 1.68. The fraction of sp³-hybridized carbons (Fsp3) is 0.733. The van der Waals surface area contributed by atoms with E-state index in [2.05, 4.69) is 29.1 Å². The van der Waals surface area contributed by atoms with Crippen LogP contribution >= 0.6 is 0 Å². The third-order valence-corrected chi connectivity index (χ3v) is 4.18. The molecule has 1 saturated carbocycles. The van der Waals surface area contributed by atoms with Gasteiger partial charge in [0.05, 0.1) is 0 Å². The fourth-order valence-electron chi connectivity index (χ4n) is 3.11. The Morgan fingerprint density at radius 2 is 2.06 bits per heavy atom. The number of rotatable bonds is 6. The molecule has 3 heteroatoms. The minimum absolute atomic E-state index is 0.447. The van der Waals surface area contributed by atoms with E-state index in [1.54, 1.807) is 6.33 Å². The lowest BCUT2D eigenvalue weighted by Crippen LogP contribution is -2.28. The van der Waals surface area contributed by atoms with Crippen LogP contribution in [-0.2, 0) is 0 Å². The molecule has 1 aromatic rings. The molecule has 2 rings (SSSR count). The molecule has 0 aliphatic heterocycles. The normalized spacial score (nSPS) is 25.2. The Hall–Kier alpha value is -0.960. The van der Waals surface area contributed by atoms with Gasteiger partial charge in [0.1, 0.15) is 6.33 Å². The summed E-state index contributed by atoms with van der Waals surface area (Å²) in [5, 5.41) is 3.69. The highest BCUT2D eigenvalue weighted by atomic mass is 14.9. The first-order chi connectivity index (χ1) is 8.85. The second kappa shape index (κ2) is 6.83. The van der Waals surface area contributed by atoms with Crippen LogP contribution in [0.2, 0.25) is 0 Å². The van der Waals surface area contributed by atoms with Crippen molar-refractivity contribution in [2.45, 2.75) is 52.0 Å². The van der Waals surface area contributed by atoms with E-state index < -0.39 is 0 Å². The Balaban J connectivity index is 2.06. The molecule has 1 fully saturated rings. The van der Waals surface area contributed by atoms with Crippen molar-refractivity contribution in [3.63, 3.8) is 0 Å². The maximum atomic E-state index is 4.17. The number of hydrogen-bond acceptors (Lipinski definition) is 3. The number of hydrogen-bond donors (Lipinski definition) is 1. The van der Waals surface area contributed by atoms with Gasteiger partial charge >= 0.3 is 0 Å². The van der Waals surface area contributed by atoms with Crippen LogP contribution in [0.4, 0.5) is 0 Å². The second-order valence-corrected chi connectivity index (χ2v) is 5.45. The Kier molecular flexibility index (Phi) is 5.12. The van der Waals surface area contributed by atoms with Gasteiger partial charge in [-0.05, 0) is 37.6 Å². The van der Waals surface area contributed by atoms with Crippen molar-refractivity contribution in [3.8, 4) is 0 Å². The number of nitrogens with zero attached hydrogens (tertiary/aromatic N) is 2. The van der Waals surface area contributed by atoms with E-state index in [0.717, 1.165) is 18.4 Å². The summed E-state index contributed by atoms with van der Waals surface area (Å²) in [6.07, 6.45) is 12.1. The standard InChI is InChI=1S/C15H25N3/c1-3-7-18-15(14-9-16-11-17-10-14)13-6-5-12(4-2)8-13/h9-13,15,18H,3-8H2,1-2H3. The van der Waals surface area contributed by atoms with Gasteiger partial charge in [-0.1, -0.05) is 26.7 Å². The lowest BCUT2D eigenvalue weighted by molar-refractivity contribution is 0.352. The van der Waals surface area contributed by atoms with E-state index >= 15 is 0 Å². The molecule has 18 heavy (non-hydrogen) atoms. The van der Waals surface area contributed by atoms with E-state index in [9.17, 15) is 0 Å². The van der Waals surface area contributed by atoms with Gasteiger partial charge in [-0.15, -0.1) is 0 Å². The van der Waals surface area contributed by atoms with Crippen LogP contribution < -0.4 is 5.32 Å². The smallest absolute Gasteiger partial charge is 0.115 e. The van der Waals surface area contributed by atoms with Crippen molar-refractivity contribution in [3.05, 3.63) is 24.3 Å². The highest BCUT2D eigenvalue weighted by Crippen LogP contribution is 2.40. The molecule has 1 heterocycles.